The summed E-state index contributed by atoms with van der Waals surface area (Å²) < 4.78 is 0. The fraction of sp³-hybridized carbons (Fsp3) is 0.857. The third-order valence-corrected chi connectivity index (χ3v) is 3.79. The van der Waals surface area contributed by atoms with E-state index in [9.17, 15) is 0 Å². The van der Waals surface area contributed by atoms with Crippen LogP contribution in [0.4, 0.5) is 0 Å². The standard InChI is InChI=1S/C14H26/c1-10(2)6-8-13-9-7-12(5)14(13)11(3)4/h6,11-14H,7-9H2,1-5H3. The van der Waals surface area contributed by atoms with Gasteiger partial charge in [-0.25, -0.2) is 0 Å². The normalized spacial score (nSPS) is 32.3. The largest absolute Gasteiger partial charge is 0.0856 e. The first-order chi connectivity index (χ1) is 6.52. The Labute approximate surface area is 89.8 Å². The molecule has 0 spiro atoms. The van der Waals surface area contributed by atoms with Crippen molar-refractivity contribution in [2.75, 3.05) is 0 Å². The first kappa shape index (κ1) is 11.8. The summed E-state index contributed by atoms with van der Waals surface area (Å²) in [4.78, 5) is 0. The molecule has 82 valence electrons. The highest BCUT2D eigenvalue weighted by molar-refractivity contribution is 4.97. The Morgan fingerprint density at radius 1 is 1.29 bits per heavy atom. The Kier molecular flexibility index (Phi) is 4.22. The van der Waals surface area contributed by atoms with Crippen molar-refractivity contribution in [3.8, 4) is 0 Å². The van der Waals surface area contributed by atoms with Gasteiger partial charge in [0, 0.05) is 0 Å². The first-order valence-corrected chi connectivity index (χ1v) is 6.15. The molecule has 3 unspecified atom stereocenters. The van der Waals surface area contributed by atoms with Crippen molar-refractivity contribution in [3.05, 3.63) is 11.6 Å². The molecule has 0 N–H and O–H groups in total. The molecule has 0 aromatic carbocycles. The SMILES string of the molecule is CC(C)=CCC1CCC(C)C1C(C)C. The van der Waals surface area contributed by atoms with Crippen LogP contribution in [0.3, 0.4) is 0 Å². The zero-order chi connectivity index (χ0) is 10.7. The van der Waals surface area contributed by atoms with E-state index < -0.39 is 0 Å². The van der Waals surface area contributed by atoms with Gasteiger partial charge in [-0.2, -0.15) is 0 Å². The van der Waals surface area contributed by atoms with Crippen molar-refractivity contribution < 1.29 is 0 Å². The Hall–Kier alpha value is -0.260. The first-order valence-electron chi connectivity index (χ1n) is 6.15. The molecule has 1 fully saturated rings. The highest BCUT2D eigenvalue weighted by Crippen LogP contribution is 2.43. The molecule has 0 aliphatic heterocycles. The molecule has 0 amide bonds. The van der Waals surface area contributed by atoms with Crippen LogP contribution in [-0.4, -0.2) is 0 Å². The van der Waals surface area contributed by atoms with Crippen molar-refractivity contribution in [2.24, 2.45) is 23.7 Å². The Morgan fingerprint density at radius 3 is 2.43 bits per heavy atom. The minimum absolute atomic E-state index is 0.864. The molecule has 1 aliphatic rings. The summed E-state index contributed by atoms with van der Waals surface area (Å²) in [6.45, 7) is 11.6. The van der Waals surface area contributed by atoms with Gasteiger partial charge < -0.3 is 0 Å². The number of allylic oxidation sites excluding steroid dienone is 2. The lowest BCUT2D eigenvalue weighted by molar-refractivity contribution is 0.243. The van der Waals surface area contributed by atoms with Gasteiger partial charge in [-0.15, -0.1) is 0 Å². The lowest BCUT2D eigenvalue weighted by Gasteiger charge is -2.26. The predicted octanol–water partition coefficient (Wildman–Crippen LogP) is 4.66. The summed E-state index contributed by atoms with van der Waals surface area (Å²) in [6, 6.07) is 0. The Bertz CT molecular complexity index is 196. The molecule has 0 saturated heterocycles. The van der Waals surface area contributed by atoms with Gasteiger partial charge in [0.2, 0.25) is 0 Å². The van der Waals surface area contributed by atoms with Gasteiger partial charge >= 0.3 is 0 Å². The smallest absolute Gasteiger partial charge is 0.0317 e. The summed E-state index contributed by atoms with van der Waals surface area (Å²) in [6.07, 6.45) is 6.64. The number of rotatable bonds is 3. The highest BCUT2D eigenvalue weighted by Gasteiger charge is 2.34. The van der Waals surface area contributed by atoms with Crippen molar-refractivity contribution in [1.82, 2.24) is 0 Å². The summed E-state index contributed by atoms with van der Waals surface area (Å²) in [7, 11) is 0. The quantitative estimate of drug-likeness (QED) is 0.573. The van der Waals surface area contributed by atoms with Crippen LogP contribution in [0.1, 0.15) is 53.9 Å². The molecule has 0 heterocycles. The van der Waals surface area contributed by atoms with Crippen LogP contribution in [0.5, 0.6) is 0 Å². The van der Waals surface area contributed by atoms with Crippen LogP contribution < -0.4 is 0 Å². The average molecular weight is 194 g/mol. The fourth-order valence-electron chi connectivity index (χ4n) is 3.19. The molecule has 0 aromatic rings. The maximum absolute atomic E-state index is 2.44. The Balaban J connectivity index is 2.56. The van der Waals surface area contributed by atoms with Crippen molar-refractivity contribution in [3.63, 3.8) is 0 Å². The van der Waals surface area contributed by atoms with Gasteiger partial charge in [0.1, 0.15) is 0 Å². The predicted molar refractivity (Wildman–Crippen MR) is 64.3 cm³/mol. The van der Waals surface area contributed by atoms with E-state index in [0.717, 1.165) is 23.7 Å². The average Bonchev–Trinajstić information content (AvgIpc) is 2.43. The van der Waals surface area contributed by atoms with Crippen LogP contribution in [0.25, 0.3) is 0 Å². The maximum Gasteiger partial charge on any atom is -0.0317 e. The van der Waals surface area contributed by atoms with Crippen molar-refractivity contribution in [1.29, 1.82) is 0 Å². The molecule has 0 heteroatoms. The molecular formula is C14H26. The van der Waals surface area contributed by atoms with Crippen LogP contribution in [0.2, 0.25) is 0 Å². The van der Waals surface area contributed by atoms with Crippen LogP contribution in [0.15, 0.2) is 11.6 Å². The fourth-order valence-corrected chi connectivity index (χ4v) is 3.19. The summed E-state index contributed by atoms with van der Waals surface area (Å²) in [5, 5.41) is 0. The van der Waals surface area contributed by atoms with Crippen molar-refractivity contribution in [2.45, 2.75) is 53.9 Å². The van der Waals surface area contributed by atoms with E-state index in [-0.39, 0.29) is 0 Å². The van der Waals surface area contributed by atoms with Crippen molar-refractivity contribution >= 4 is 0 Å². The molecule has 1 aliphatic carbocycles. The van der Waals surface area contributed by atoms with Gasteiger partial charge in [-0.05, 0) is 50.4 Å². The van der Waals surface area contributed by atoms with E-state index in [0.29, 0.717) is 0 Å². The lowest BCUT2D eigenvalue weighted by Crippen LogP contribution is -2.19. The van der Waals surface area contributed by atoms with Crippen LogP contribution in [0, 0.1) is 23.7 Å². The number of hydrogen-bond donors (Lipinski definition) is 0. The Morgan fingerprint density at radius 2 is 1.93 bits per heavy atom. The summed E-state index contributed by atoms with van der Waals surface area (Å²) >= 11 is 0. The molecule has 0 aromatic heterocycles. The van der Waals surface area contributed by atoms with Crippen LogP contribution in [-0.2, 0) is 0 Å². The minimum atomic E-state index is 0.864. The lowest BCUT2D eigenvalue weighted by atomic mass is 9.80. The van der Waals surface area contributed by atoms with E-state index in [1.165, 1.54) is 24.8 Å². The minimum Gasteiger partial charge on any atom is -0.0856 e. The molecule has 0 nitrogen and oxygen atoms in total. The second-order valence-corrected chi connectivity index (χ2v) is 5.65. The van der Waals surface area contributed by atoms with Gasteiger partial charge in [0.25, 0.3) is 0 Å². The van der Waals surface area contributed by atoms with E-state index in [2.05, 4.69) is 40.7 Å². The van der Waals surface area contributed by atoms with E-state index in [4.69, 9.17) is 0 Å². The van der Waals surface area contributed by atoms with Gasteiger partial charge in [0.15, 0.2) is 0 Å². The maximum atomic E-state index is 2.44. The second-order valence-electron chi connectivity index (χ2n) is 5.65. The second kappa shape index (κ2) is 5.00. The zero-order valence-corrected chi connectivity index (χ0v) is 10.5. The monoisotopic (exact) mass is 194 g/mol. The third kappa shape index (κ3) is 2.87. The van der Waals surface area contributed by atoms with E-state index >= 15 is 0 Å². The van der Waals surface area contributed by atoms with Gasteiger partial charge in [0.05, 0.1) is 0 Å². The summed E-state index contributed by atoms with van der Waals surface area (Å²) in [5.41, 5.74) is 1.48. The molecule has 0 bridgehead atoms. The zero-order valence-electron chi connectivity index (χ0n) is 10.5. The summed E-state index contributed by atoms with van der Waals surface area (Å²) in [5.74, 6) is 3.74. The molecule has 1 saturated carbocycles. The van der Waals surface area contributed by atoms with Crippen LogP contribution >= 0.6 is 0 Å². The van der Waals surface area contributed by atoms with Gasteiger partial charge in [-0.1, -0.05) is 38.8 Å². The molecule has 14 heavy (non-hydrogen) atoms. The highest BCUT2D eigenvalue weighted by atomic mass is 14.4. The molecule has 0 radical (unpaired) electrons. The molecule has 3 atom stereocenters. The number of hydrogen-bond acceptors (Lipinski definition) is 0. The van der Waals surface area contributed by atoms with Gasteiger partial charge in [-0.3, -0.25) is 0 Å². The molecular weight excluding hydrogens is 168 g/mol. The third-order valence-electron chi connectivity index (χ3n) is 3.79. The van der Waals surface area contributed by atoms with E-state index in [1.54, 1.807) is 0 Å². The topological polar surface area (TPSA) is 0 Å². The molecule has 1 rings (SSSR count). The van der Waals surface area contributed by atoms with E-state index in [1.807, 2.05) is 0 Å².